The number of nitrogens with zero attached hydrogens (tertiary/aromatic N) is 2. The molecule has 0 N–H and O–H groups in total. The number of ether oxygens (including phenoxy) is 1. The number of rotatable bonds is 3. The molecule has 0 saturated carbocycles. The van der Waals surface area contributed by atoms with E-state index in [1.165, 1.54) is 6.33 Å². The van der Waals surface area contributed by atoms with Gasteiger partial charge < -0.3 is 4.74 Å². The zero-order chi connectivity index (χ0) is 14.0. The Bertz CT molecular complexity index is 590. The van der Waals surface area contributed by atoms with Crippen LogP contribution in [-0.4, -0.2) is 16.6 Å². The van der Waals surface area contributed by atoms with E-state index in [1.54, 1.807) is 6.07 Å². The molecule has 0 aliphatic carbocycles. The van der Waals surface area contributed by atoms with E-state index in [-0.39, 0.29) is 11.2 Å². The number of fused-ring (bicyclic) bond motifs is 1. The second-order valence-corrected chi connectivity index (χ2v) is 5.63. The van der Waals surface area contributed by atoms with Gasteiger partial charge in [0.1, 0.15) is 17.7 Å². The minimum atomic E-state index is -0.328. The number of hydrogen-bond donors (Lipinski definition) is 0. The molecule has 1 aromatic heterocycles. The lowest BCUT2D eigenvalue weighted by atomic mass is 9.86. The average Bonchev–Trinajstić information content (AvgIpc) is 2.35. The van der Waals surface area contributed by atoms with Gasteiger partial charge in [-0.1, -0.05) is 27.7 Å². The van der Waals surface area contributed by atoms with Crippen LogP contribution in [0.2, 0.25) is 0 Å². The van der Waals surface area contributed by atoms with E-state index in [0.29, 0.717) is 23.4 Å². The van der Waals surface area contributed by atoms with Crippen LogP contribution in [0, 0.1) is 5.82 Å². The highest BCUT2D eigenvalue weighted by Crippen LogP contribution is 2.30. The van der Waals surface area contributed by atoms with Crippen molar-refractivity contribution >= 4 is 10.9 Å². The van der Waals surface area contributed by atoms with Crippen molar-refractivity contribution in [1.29, 1.82) is 0 Å². The molecule has 0 saturated heterocycles. The normalized spacial score (nSPS) is 11.8. The number of halogens is 1. The Morgan fingerprint density at radius 1 is 1.21 bits per heavy atom. The number of benzene rings is 1. The second-order valence-electron chi connectivity index (χ2n) is 5.63. The summed E-state index contributed by atoms with van der Waals surface area (Å²) in [6, 6.07) is 3.46. The summed E-state index contributed by atoms with van der Waals surface area (Å²) in [7, 11) is 0. The molecule has 1 heterocycles. The van der Waals surface area contributed by atoms with Gasteiger partial charge >= 0.3 is 0 Å². The Hall–Kier alpha value is -1.71. The van der Waals surface area contributed by atoms with Crippen LogP contribution in [0.1, 0.15) is 39.7 Å². The van der Waals surface area contributed by atoms with Gasteiger partial charge in [-0.25, -0.2) is 14.4 Å². The lowest BCUT2D eigenvalue weighted by Gasteiger charge is -2.20. The molecule has 102 valence electrons. The first kappa shape index (κ1) is 13.7. The molecule has 0 bridgehead atoms. The largest absolute Gasteiger partial charge is 0.477 e. The quantitative estimate of drug-likeness (QED) is 0.842. The Balaban J connectivity index is 2.62. The maximum Gasteiger partial charge on any atom is 0.224 e. The summed E-state index contributed by atoms with van der Waals surface area (Å²) in [5.41, 5.74) is 1.09. The third-order valence-electron chi connectivity index (χ3n) is 2.96. The van der Waals surface area contributed by atoms with Crippen LogP contribution in [0.15, 0.2) is 18.5 Å². The van der Waals surface area contributed by atoms with Crippen LogP contribution in [0.5, 0.6) is 5.88 Å². The summed E-state index contributed by atoms with van der Waals surface area (Å²) in [5, 5.41) is 0.640. The van der Waals surface area contributed by atoms with Crippen molar-refractivity contribution < 1.29 is 9.13 Å². The number of hydrogen-bond acceptors (Lipinski definition) is 3. The smallest absolute Gasteiger partial charge is 0.224 e. The number of aromatic nitrogens is 2. The van der Waals surface area contributed by atoms with Crippen molar-refractivity contribution in [3.05, 3.63) is 29.8 Å². The minimum absolute atomic E-state index is 0.132. The lowest BCUT2D eigenvalue weighted by Crippen LogP contribution is -2.12. The van der Waals surface area contributed by atoms with Gasteiger partial charge in [0, 0.05) is 0 Å². The van der Waals surface area contributed by atoms with Crippen LogP contribution in [0.3, 0.4) is 0 Å². The second kappa shape index (κ2) is 5.11. The van der Waals surface area contributed by atoms with Crippen molar-refractivity contribution in [2.24, 2.45) is 0 Å². The van der Waals surface area contributed by atoms with Gasteiger partial charge in [0.05, 0.1) is 12.0 Å². The Morgan fingerprint density at radius 2 is 1.95 bits per heavy atom. The minimum Gasteiger partial charge on any atom is -0.477 e. The monoisotopic (exact) mass is 262 g/mol. The first-order chi connectivity index (χ1) is 8.93. The molecule has 0 atom stereocenters. The maximum absolute atomic E-state index is 14.1. The maximum atomic E-state index is 14.1. The lowest BCUT2D eigenvalue weighted by molar-refractivity contribution is 0.309. The average molecular weight is 262 g/mol. The molecular formula is C15H19FN2O. The SMILES string of the molecule is CCCOc1ncnc2c(F)cc(C(C)(C)C)cc12. The fraction of sp³-hybridized carbons (Fsp3) is 0.467. The highest BCUT2D eigenvalue weighted by Gasteiger charge is 2.18. The zero-order valence-electron chi connectivity index (χ0n) is 11.8. The highest BCUT2D eigenvalue weighted by atomic mass is 19.1. The van der Waals surface area contributed by atoms with Gasteiger partial charge in [0.25, 0.3) is 0 Å². The van der Waals surface area contributed by atoms with E-state index in [4.69, 9.17) is 4.74 Å². The molecule has 2 rings (SSSR count). The molecule has 4 heteroatoms. The zero-order valence-corrected chi connectivity index (χ0v) is 11.8. The first-order valence-electron chi connectivity index (χ1n) is 6.51. The molecule has 0 aliphatic heterocycles. The molecule has 1 aromatic carbocycles. The molecule has 0 radical (unpaired) electrons. The van der Waals surface area contributed by atoms with E-state index < -0.39 is 0 Å². The van der Waals surface area contributed by atoms with E-state index >= 15 is 0 Å². The molecule has 0 aliphatic rings. The molecule has 2 aromatic rings. The van der Waals surface area contributed by atoms with Gasteiger partial charge in [-0.05, 0) is 29.5 Å². The van der Waals surface area contributed by atoms with Crippen molar-refractivity contribution in [3.8, 4) is 5.88 Å². The molecule has 0 amide bonds. The van der Waals surface area contributed by atoms with E-state index in [2.05, 4.69) is 9.97 Å². The molecule has 0 fully saturated rings. The van der Waals surface area contributed by atoms with Crippen molar-refractivity contribution in [1.82, 2.24) is 9.97 Å². The van der Waals surface area contributed by atoms with Gasteiger partial charge in [0.15, 0.2) is 0 Å². The van der Waals surface area contributed by atoms with E-state index in [9.17, 15) is 4.39 Å². The van der Waals surface area contributed by atoms with Gasteiger partial charge in [-0.15, -0.1) is 0 Å². The summed E-state index contributed by atoms with van der Waals surface area (Å²) in [5.74, 6) is 0.128. The van der Waals surface area contributed by atoms with Crippen LogP contribution in [0.4, 0.5) is 4.39 Å². The fourth-order valence-electron chi connectivity index (χ4n) is 1.85. The first-order valence-corrected chi connectivity index (χ1v) is 6.51. The van der Waals surface area contributed by atoms with E-state index in [0.717, 1.165) is 12.0 Å². The summed E-state index contributed by atoms with van der Waals surface area (Å²) < 4.78 is 19.7. The highest BCUT2D eigenvalue weighted by molar-refractivity contribution is 5.84. The van der Waals surface area contributed by atoms with Crippen molar-refractivity contribution in [3.63, 3.8) is 0 Å². The molecule has 19 heavy (non-hydrogen) atoms. The summed E-state index contributed by atoms with van der Waals surface area (Å²) >= 11 is 0. The summed E-state index contributed by atoms with van der Waals surface area (Å²) in [4.78, 5) is 8.12. The van der Waals surface area contributed by atoms with E-state index in [1.807, 2.05) is 33.8 Å². The predicted octanol–water partition coefficient (Wildman–Crippen LogP) is 3.86. The molecular weight excluding hydrogens is 243 g/mol. The van der Waals surface area contributed by atoms with Gasteiger partial charge in [0.2, 0.25) is 5.88 Å². The Labute approximate surface area is 112 Å². The standard InChI is InChI=1S/C15H19FN2O/c1-5-6-19-14-11-7-10(15(2,3)4)8-12(16)13(11)17-9-18-14/h7-9H,5-6H2,1-4H3. The molecule has 0 unspecified atom stereocenters. The van der Waals surface area contributed by atoms with Crippen molar-refractivity contribution in [2.75, 3.05) is 6.61 Å². The fourth-order valence-corrected chi connectivity index (χ4v) is 1.85. The van der Waals surface area contributed by atoms with Crippen LogP contribution < -0.4 is 4.74 Å². The van der Waals surface area contributed by atoms with Gasteiger partial charge in [-0.2, -0.15) is 0 Å². The molecule has 0 spiro atoms. The third kappa shape index (κ3) is 2.83. The predicted molar refractivity (Wildman–Crippen MR) is 74.0 cm³/mol. The van der Waals surface area contributed by atoms with Crippen LogP contribution in [-0.2, 0) is 5.41 Å². The van der Waals surface area contributed by atoms with Crippen molar-refractivity contribution in [2.45, 2.75) is 39.5 Å². The van der Waals surface area contributed by atoms with Crippen LogP contribution in [0.25, 0.3) is 10.9 Å². The summed E-state index contributed by atoms with van der Waals surface area (Å²) in [6.07, 6.45) is 2.22. The van der Waals surface area contributed by atoms with Crippen LogP contribution >= 0.6 is 0 Å². The summed E-state index contributed by atoms with van der Waals surface area (Å²) in [6.45, 7) is 8.72. The topological polar surface area (TPSA) is 35.0 Å². The Morgan fingerprint density at radius 3 is 2.58 bits per heavy atom. The molecule has 3 nitrogen and oxygen atoms in total. The third-order valence-corrected chi connectivity index (χ3v) is 2.96. The van der Waals surface area contributed by atoms with Gasteiger partial charge in [-0.3, -0.25) is 0 Å². The Kier molecular flexibility index (Phi) is 3.69.